The Morgan fingerprint density at radius 3 is 2.32 bits per heavy atom. The fourth-order valence-corrected chi connectivity index (χ4v) is 3.11. The zero-order valence-electron chi connectivity index (χ0n) is 15.9. The lowest BCUT2D eigenvalue weighted by molar-refractivity contribution is -0.139. The minimum absolute atomic E-state index is 0.165. The second-order valence-corrected chi connectivity index (χ2v) is 6.73. The number of carbonyl (C=O) groups is 1. The van der Waals surface area contributed by atoms with Gasteiger partial charge in [0.2, 0.25) is 5.91 Å². The van der Waals surface area contributed by atoms with Gasteiger partial charge in [-0.3, -0.25) is 9.59 Å². The number of nitrogens with one attached hydrogen (secondary N) is 1. The van der Waals surface area contributed by atoms with E-state index in [1.807, 2.05) is 0 Å². The Morgan fingerprint density at radius 2 is 1.71 bits per heavy atom. The Kier molecular flexibility index (Phi) is 6.30. The molecule has 0 atom stereocenters. The molecule has 2 aromatic rings. The van der Waals surface area contributed by atoms with Gasteiger partial charge in [-0.05, 0) is 30.3 Å². The van der Waals surface area contributed by atoms with Crippen LogP contribution in [0.25, 0.3) is 0 Å². The molecule has 1 fully saturated rings. The summed E-state index contributed by atoms with van der Waals surface area (Å²) in [5.41, 5.74) is -3.74. The number of anilines is 2. The third kappa shape index (κ3) is 5.37. The normalized spacial score (nSPS) is 15.1. The summed E-state index contributed by atoms with van der Waals surface area (Å²) < 4.78 is 83.8. The highest BCUT2D eigenvalue weighted by atomic mass is 19.4. The minimum atomic E-state index is -4.90. The maximum Gasteiger partial charge on any atom is 0.421 e. The van der Waals surface area contributed by atoms with Crippen molar-refractivity contribution in [3.8, 4) is 0 Å². The van der Waals surface area contributed by atoms with Crippen molar-refractivity contribution in [3.63, 3.8) is 0 Å². The van der Waals surface area contributed by atoms with Crippen LogP contribution in [0.15, 0.2) is 41.3 Å². The number of alkyl halides is 6. The van der Waals surface area contributed by atoms with E-state index in [-0.39, 0.29) is 5.69 Å². The van der Waals surface area contributed by atoms with Crippen molar-refractivity contribution in [2.75, 3.05) is 36.5 Å². The summed E-state index contributed by atoms with van der Waals surface area (Å²) in [5, 5.41) is 2.29. The highest BCUT2D eigenvalue weighted by Gasteiger charge is 2.34. The standard InChI is InChI=1S/C19H17F6N3O3/c20-18(21,22)12-3-4-15(27-6-8-31-9-7-27)14(10-12)26-16(29)11-28-5-1-2-13(17(28)30)19(23,24)25/h1-5,10H,6-9,11H2,(H,26,29). The molecule has 0 bridgehead atoms. The van der Waals surface area contributed by atoms with E-state index in [9.17, 15) is 35.9 Å². The molecule has 1 N–H and O–H groups in total. The molecule has 0 aliphatic carbocycles. The zero-order valence-corrected chi connectivity index (χ0v) is 15.9. The molecule has 168 valence electrons. The molecule has 0 radical (unpaired) electrons. The highest BCUT2D eigenvalue weighted by Crippen LogP contribution is 2.35. The smallest absolute Gasteiger partial charge is 0.378 e. The van der Waals surface area contributed by atoms with Crippen molar-refractivity contribution in [1.82, 2.24) is 4.57 Å². The third-order valence-electron chi connectivity index (χ3n) is 4.59. The van der Waals surface area contributed by atoms with Gasteiger partial charge in [-0.15, -0.1) is 0 Å². The summed E-state index contributed by atoms with van der Waals surface area (Å²) in [5.74, 6) is -0.949. The Hall–Kier alpha value is -3.02. The van der Waals surface area contributed by atoms with Gasteiger partial charge in [0.05, 0.1) is 30.2 Å². The van der Waals surface area contributed by atoms with Crippen LogP contribution in [-0.4, -0.2) is 36.8 Å². The molecule has 0 saturated carbocycles. The van der Waals surface area contributed by atoms with Crippen LogP contribution in [0.2, 0.25) is 0 Å². The van der Waals surface area contributed by atoms with E-state index in [4.69, 9.17) is 4.74 Å². The summed E-state index contributed by atoms with van der Waals surface area (Å²) in [7, 11) is 0. The number of aromatic nitrogens is 1. The van der Waals surface area contributed by atoms with Crippen LogP contribution in [0.1, 0.15) is 11.1 Å². The molecule has 1 aromatic carbocycles. The predicted molar refractivity (Wildman–Crippen MR) is 98.8 cm³/mol. The Bertz CT molecular complexity index is 1010. The van der Waals surface area contributed by atoms with Crippen LogP contribution in [0.4, 0.5) is 37.7 Å². The molecular weight excluding hydrogens is 432 g/mol. The van der Waals surface area contributed by atoms with Crippen LogP contribution in [0, 0.1) is 0 Å². The van der Waals surface area contributed by atoms with Crippen LogP contribution in [0.5, 0.6) is 0 Å². The monoisotopic (exact) mass is 449 g/mol. The van der Waals surface area contributed by atoms with Crippen molar-refractivity contribution < 1.29 is 35.9 Å². The Morgan fingerprint density at radius 1 is 1.03 bits per heavy atom. The van der Waals surface area contributed by atoms with Gasteiger partial charge in [0.15, 0.2) is 0 Å². The zero-order chi connectivity index (χ0) is 22.8. The molecule has 1 amide bonds. The van der Waals surface area contributed by atoms with Gasteiger partial charge in [-0.2, -0.15) is 26.3 Å². The maximum absolute atomic E-state index is 13.1. The fraction of sp³-hybridized carbons (Fsp3) is 0.368. The minimum Gasteiger partial charge on any atom is -0.378 e. The SMILES string of the molecule is O=C(Cn1cccc(C(F)(F)F)c1=O)Nc1cc(C(F)(F)F)ccc1N1CCOCC1. The first-order chi connectivity index (χ1) is 14.5. The fourth-order valence-electron chi connectivity index (χ4n) is 3.11. The van der Waals surface area contributed by atoms with E-state index >= 15 is 0 Å². The van der Waals surface area contributed by atoms with E-state index in [0.29, 0.717) is 42.6 Å². The molecular formula is C19H17F6N3O3. The van der Waals surface area contributed by atoms with Crippen LogP contribution >= 0.6 is 0 Å². The summed E-state index contributed by atoms with van der Waals surface area (Å²) >= 11 is 0. The van der Waals surface area contributed by atoms with Crippen LogP contribution in [-0.2, 0) is 28.4 Å². The molecule has 1 aromatic heterocycles. The highest BCUT2D eigenvalue weighted by molar-refractivity contribution is 5.94. The van der Waals surface area contributed by atoms with Gasteiger partial charge in [-0.1, -0.05) is 0 Å². The molecule has 12 heteroatoms. The van der Waals surface area contributed by atoms with Gasteiger partial charge >= 0.3 is 12.4 Å². The van der Waals surface area contributed by atoms with Gasteiger partial charge in [0.1, 0.15) is 12.1 Å². The molecule has 0 unspecified atom stereocenters. The van der Waals surface area contributed by atoms with E-state index in [1.165, 1.54) is 6.07 Å². The largest absolute Gasteiger partial charge is 0.421 e. The van der Waals surface area contributed by atoms with E-state index in [0.717, 1.165) is 24.4 Å². The van der Waals surface area contributed by atoms with Gasteiger partial charge < -0.3 is 19.5 Å². The van der Waals surface area contributed by atoms with Gasteiger partial charge in [-0.25, -0.2) is 0 Å². The summed E-state index contributed by atoms with van der Waals surface area (Å²) in [6.45, 7) is 0.631. The van der Waals surface area contributed by atoms with E-state index < -0.39 is 41.5 Å². The van der Waals surface area contributed by atoms with Crippen molar-refractivity contribution in [3.05, 3.63) is 58.0 Å². The van der Waals surface area contributed by atoms with Crippen molar-refractivity contribution in [2.45, 2.75) is 18.9 Å². The molecule has 2 heterocycles. The Balaban J connectivity index is 1.89. The molecule has 0 spiro atoms. The molecule has 6 nitrogen and oxygen atoms in total. The molecule has 3 rings (SSSR count). The second-order valence-electron chi connectivity index (χ2n) is 6.73. The van der Waals surface area contributed by atoms with Crippen LogP contribution < -0.4 is 15.8 Å². The predicted octanol–water partition coefficient (Wildman–Crippen LogP) is 3.36. The van der Waals surface area contributed by atoms with Crippen molar-refractivity contribution in [1.29, 1.82) is 0 Å². The number of ether oxygens (including phenoxy) is 1. The first-order valence-electron chi connectivity index (χ1n) is 9.07. The lowest BCUT2D eigenvalue weighted by Crippen LogP contribution is -2.37. The number of pyridine rings is 1. The summed E-state index contributed by atoms with van der Waals surface area (Å²) in [6, 6.07) is 4.37. The van der Waals surface area contributed by atoms with Crippen molar-refractivity contribution in [2.24, 2.45) is 0 Å². The number of hydrogen-bond acceptors (Lipinski definition) is 4. The summed E-state index contributed by atoms with van der Waals surface area (Å²) in [4.78, 5) is 26.1. The quantitative estimate of drug-likeness (QED) is 0.728. The summed E-state index contributed by atoms with van der Waals surface area (Å²) in [6.07, 6.45) is -8.58. The number of benzene rings is 1. The first kappa shape index (κ1) is 22.7. The number of morpholine rings is 1. The second kappa shape index (κ2) is 8.61. The number of rotatable bonds is 4. The Labute approximate surface area is 172 Å². The first-order valence-corrected chi connectivity index (χ1v) is 9.07. The van der Waals surface area contributed by atoms with Crippen molar-refractivity contribution >= 4 is 17.3 Å². The number of hydrogen-bond donors (Lipinski definition) is 1. The maximum atomic E-state index is 13.1. The molecule has 1 aliphatic heterocycles. The number of nitrogens with zero attached hydrogens (tertiary/aromatic N) is 2. The average Bonchev–Trinajstić information content (AvgIpc) is 2.68. The number of carbonyl (C=O) groups excluding carboxylic acids is 1. The topological polar surface area (TPSA) is 63.6 Å². The number of amides is 1. The van der Waals surface area contributed by atoms with E-state index in [2.05, 4.69) is 5.32 Å². The lowest BCUT2D eigenvalue weighted by atomic mass is 10.1. The number of halogens is 6. The molecule has 31 heavy (non-hydrogen) atoms. The van der Waals surface area contributed by atoms with Gasteiger partial charge in [0, 0.05) is 19.3 Å². The molecule has 1 saturated heterocycles. The van der Waals surface area contributed by atoms with Gasteiger partial charge in [0.25, 0.3) is 5.56 Å². The third-order valence-corrected chi connectivity index (χ3v) is 4.59. The van der Waals surface area contributed by atoms with Crippen LogP contribution in [0.3, 0.4) is 0 Å². The lowest BCUT2D eigenvalue weighted by Gasteiger charge is -2.31. The van der Waals surface area contributed by atoms with E-state index in [1.54, 1.807) is 4.90 Å². The molecule has 1 aliphatic rings. The average molecular weight is 449 g/mol.